The third kappa shape index (κ3) is 2.91. The molecule has 2 N–H and O–H groups in total. The minimum absolute atomic E-state index is 0.788. The summed E-state index contributed by atoms with van der Waals surface area (Å²) in [5, 5.41) is 6.20. The quantitative estimate of drug-likeness (QED) is 0.754. The number of hydrogen-bond acceptors (Lipinski definition) is 2. The Labute approximate surface area is 75.1 Å². The largest absolute Gasteiger partial charge is 0.372 e. The zero-order valence-corrected chi connectivity index (χ0v) is 7.98. The van der Waals surface area contributed by atoms with Crippen LogP contribution in [0.15, 0.2) is 28.7 Å². The van der Waals surface area contributed by atoms with Gasteiger partial charge in [0.1, 0.15) is 0 Å². The van der Waals surface area contributed by atoms with Crippen molar-refractivity contribution >= 4 is 21.6 Å². The van der Waals surface area contributed by atoms with E-state index in [1.807, 2.05) is 31.3 Å². The molecular formula is C8H11BrN2. The van der Waals surface area contributed by atoms with E-state index in [1.165, 1.54) is 0 Å². The minimum atomic E-state index is 0.788. The van der Waals surface area contributed by atoms with Crippen LogP contribution in [-0.2, 0) is 0 Å². The van der Waals surface area contributed by atoms with Gasteiger partial charge in [0.25, 0.3) is 0 Å². The first-order valence-corrected chi connectivity index (χ1v) is 4.26. The maximum Gasteiger partial charge on any atom is 0.0650 e. The van der Waals surface area contributed by atoms with E-state index in [2.05, 4.69) is 26.6 Å². The second-order valence-electron chi connectivity index (χ2n) is 2.22. The van der Waals surface area contributed by atoms with Gasteiger partial charge < -0.3 is 10.6 Å². The van der Waals surface area contributed by atoms with Crippen LogP contribution in [0.4, 0.5) is 5.69 Å². The monoisotopic (exact) mass is 214 g/mol. The summed E-state index contributed by atoms with van der Waals surface area (Å²) in [4.78, 5) is 0. The second-order valence-corrected chi connectivity index (χ2v) is 3.13. The van der Waals surface area contributed by atoms with Gasteiger partial charge in [-0.2, -0.15) is 0 Å². The van der Waals surface area contributed by atoms with Crippen molar-refractivity contribution in [2.45, 2.75) is 0 Å². The van der Waals surface area contributed by atoms with E-state index >= 15 is 0 Å². The van der Waals surface area contributed by atoms with Gasteiger partial charge in [-0.1, -0.05) is 22.0 Å². The first-order chi connectivity index (χ1) is 5.33. The Bertz CT molecular complexity index is 225. The van der Waals surface area contributed by atoms with Crippen LogP contribution in [0.2, 0.25) is 0 Å². The van der Waals surface area contributed by atoms with Crippen molar-refractivity contribution in [2.75, 3.05) is 19.0 Å². The lowest BCUT2D eigenvalue weighted by molar-refractivity contribution is 0.874. The SMILES string of the molecule is CNCNc1cccc(Br)c1. The standard InChI is InChI=1S/C8H11BrN2/c1-10-6-11-8-4-2-3-7(9)5-8/h2-5,10-11H,6H2,1H3. The molecule has 2 nitrogen and oxygen atoms in total. The van der Waals surface area contributed by atoms with Gasteiger partial charge in [0.05, 0.1) is 6.67 Å². The molecule has 0 aliphatic rings. The number of benzene rings is 1. The molecule has 0 aliphatic heterocycles. The number of nitrogens with one attached hydrogen (secondary N) is 2. The highest BCUT2D eigenvalue weighted by atomic mass is 79.9. The lowest BCUT2D eigenvalue weighted by Gasteiger charge is -2.04. The number of halogens is 1. The van der Waals surface area contributed by atoms with Crippen molar-refractivity contribution < 1.29 is 0 Å². The van der Waals surface area contributed by atoms with Gasteiger partial charge in [-0.3, -0.25) is 0 Å². The average molecular weight is 215 g/mol. The van der Waals surface area contributed by atoms with Gasteiger partial charge in [-0.15, -0.1) is 0 Å². The van der Waals surface area contributed by atoms with Crippen molar-refractivity contribution in [1.29, 1.82) is 0 Å². The Hall–Kier alpha value is -0.540. The van der Waals surface area contributed by atoms with Crippen molar-refractivity contribution in [3.8, 4) is 0 Å². The summed E-state index contributed by atoms with van der Waals surface area (Å²) in [6.07, 6.45) is 0. The van der Waals surface area contributed by atoms with Gasteiger partial charge in [-0.25, -0.2) is 0 Å². The first kappa shape index (κ1) is 8.56. The Balaban J connectivity index is 2.56. The van der Waals surface area contributed by atoms with Gasteiger partial charge in [0.15, 0.2) is 0 Å². The molecule has 0 aliphatic carbocycles. The van der Waals surface area contributed by atoms with Crippen LogP contribution >= 0.6 is 15.9 Å². The molecule has 1 rings (SSSR count). The maximum absolute atomic E-state index is 3.39. The summed E-state index contributed by atoms with van der Waals surface area (Å²) in [7, 11) is 1.91. The van der Waals surface area contributed by atoms with E-state index in [4.69, 9.17) is 0 Å². The second kappa shape index (κ2) is 4.36. The molecule has 0 unspecified atom stereocenters. The molecule has 3 heteroatoms. The Morgan fingerprint density at radius 3 is 2.91 bits per heavy atom. The van der Waals surface area contributed by atoms with Crippen LogP contribution in [-0.4, -0.2) is 13.7 Å². The van der Waals surface area contributed by atoms with E-state index < -0.39 is 0 Å². The number of anilines is 1. The van der Waals surface area contributed by atoms with Crippen LogP contribution in [0.25, 0.3) is 0 Å². The molecule has 0 bridgehead atoms. The highest BCUT2D eigenvalue weighted by molar-refractivity contribution is 9.10. The van der Waals surface area contributed by atoms with Crippen molar-refractivity contribution in [3.05, 3.63) is 28.7 Å². The smallest absolute Gasteiger partial charge is 0.0650 e. The molecule has 0 fully saturated rings. The van der Waals surface area contributed by atoms with Crippen molar-refractivity contribution in [1.82, 2.24) is 5.32 Å². The highest BCUT2D eigenvalue weighted by Gasteiger charge is 1.89. The molecule has 60 valence electrons. The normalized spacial score (nSPS) is 9.64. The molecule has 1 aromatic carbocycles. The molecule has 0 amide bonds. The molecule has 0 aromatic heterocycles. The minimum Gasteiger partial charge on any atom is -0.372 e. The van der Waals surface area contributed by atoms with E-state index in [0.717, 1.165) is 16.8 Å². The van der Waals surface area contributed by atoms with E-state index in [1.54, 1.807) is 0 Å². The zero-order valence-electron chi connectivity index (χ0n) is 6.39. The summed E-state index contributed by atoms with van der Waals surface area (Å²) in [5.74, 6) is 0. The summed E-state index contributed by atoms with van der Waals surface area (Å²) in [5.41, 5.74) is 1.12. The molecular weight excluding hydrogens is 204 g/mol. The molecule has 0 spiro atoms. The summed E-state index contributed by atoms with van der Waals surface area (Å²) in [6, 6.07) is 8.08. The third-order valence-corrected chi connectivity index (χ3v) is 1.79. The van der Waals surface area contributed by atoms with Crippen LogP contribution in [0.5, 0.6) is 0 Å². The van der Waals surface area contributed by atoms with E-state index in [-0.39, 0.29) is 0 Å². The summed E-state index contributed by atoms with van der Waals surface area (Å²) < 4.78 is 1.10. The van der Waals surface area contributed by atoms with Crippen LogP contribution in [0.1, 0.15) is 0 Å². The number of hydrogen-bond donors (Lipinski definition) is 2. The van der Waals surface area contributed by atoms with E-state index in [9.17, 15) is 0 Å². The van der Waals surface area contributed by atoms with Crippen LogP contribution in [0.3, 0.4) is 0 Å². The zero-order chi connectivity index (χ0) is 8.10. The summed E-state index contributed by atoms with van der Waals surface area (Å²) >= 11 is 3.39. The third-order valence-electron chi connectivity index (χ3n) is 1.29. The Morgan fingerprint density at radius 1 is 1.45 bits per heavy atom. The van der Waals surface area contributed by atoms with Crippen molar-refractivity contribution in [2.24, 2.45) is 0 Å². The van der Waals surface area contributed by atoms with Gasteiger partial charge in [0.2, 0.25) is 0 Å². The molecule has 0 radical (unpaired) electrons. The lowest BCUT2D eigenvalue weighted by atomic mass is 10.3. The molecule has 0 saturated carbocycles. The topological polar surface area (TPSA) is 24.1 Å². The maximum atomic E-state index is 3.39. The van der Waals surface area contributed by atoms with Crippen LogP contribution in [0, 0.1) is 0 Å². The van der Waals surface area contributed by atoms with Gasteiger partial charge in [-0.05, 0) is 25.2 Å². The molecule has 0 atom stereocenters. The van der Waals surface area contributed by atoms with Gasteiger partial charge >= 0.3 is 0 Å². The number of rotatable bonds is 3. The molecule has 1 aromatic rings. The van der Waals surface area contributed by atoms with Gasteiger partial charge in [0, 0.05) is 10.2 Å². The fourth-order valence-electron chi connectivity index (χ4n) is 0.789. The van der Waals surface area contributed by atoms with Crippen molar-refractivity contribution in [3.63, 3.8) is 0 Å². The fraction of sp³-hybridized carbons (Fsp3) is 0.250. The van der Waals surface area contributed by atoms with Crippen LogP contribution < -0.4 is 10.6 Å². The predicted octanol–water partition coefficient (Wildman–Crippen LogP) is 2.04. The Kier molecular flexibility index (Phi) is 3.39. The highest BCUT2D eigenvalue weighted by Crippen LogP contribution is 2.14. The predicted molar refractivity (Wildman–Crippen MR) is 51.7 cm³/mol. The molecule has 0 saturated heterocycles. The average Bonchev–Trinajstić information content (AvgIpc) is 2.01. The summed E-state index contributed by atoms with van der Waals surface area (Å²) in [6.45, 7) is 0.788. The first-order valence-electron chi connectivity index (χ1n) is 3.47. The van der Waals surface area contributed by atoms with E-state index in [0.29, 0.717) is 0 Å². The lowest BCUT2D eigenvalue weighted by Crippen LogP contribution is -2.16. The molecule has 0 heterocycles. The Morgan fingerprint density at radius 2 is 2.27 bits per heavy atom. The fourth-order valence-corrected chi connectivity index (χ4v) is 1.19. The molecule has 11 heavy (non-hydrogen) atoms.